The number of hydrogen-bond donors (Lipinski definition) is 0. The summed E-state index contributed by atoms with van der Waals surface area (Å²) in [5, 5.41) is 13.6. The molecule has 4 rings (SSSR count). The third-order valence-corrected chi connectivity index (χ3v) is 5.26. The number of aryl methyl sites for hydroxylation is 3. The monoisotopic (exact) mass is 426 g/mol. The van der Waals surface area contributed by atoms with Crippen molar-refractivity contribution in [1.82, 2.24) is 15.0 Å². The summed E-state index contributed by atoms with van der Waals surface area (Å²) in [7, 11) is 0. The lowest BCUT2D eigenvalue weighted by molar-refractivity contribution is 0.0764. The number of pyridine rings is 1. The van der Waals surface area contributed by atoms with E-state index in [2.05, 4.69) is 22.8 Å². The van der Waals surface area contributed by atoms with Crippen LogP contribution in [0.15, 0.2) is 58.0 Å². The van der Waals surface area contributed by atoms with E-state index in [1.54, 1.807) is 36.1 Å². The molecule has 7 heteroatoms. The Kier molecular flexibility index (Phi) is 5.61. The fourth-order valence-electron chi connectivity index (χ4n) is 3.74. The van der Waals surface area contributed by atoms with E-state index in [4.69, 9.17) is 14.2 Å². The minimum absolute atomic E-state index is 0.188. The van der Waals surface area contributed by atoms with Crippen molar-refractivity contribution in [2.24, 2.45) is 0 Å². The Morgan fingerprint density at radius 1 is 1.22 bits per heavy atom. The summed E-state index contributed by atoms with van der Waals surface area (Å²) >= 11 is 0. The Hall–Kier alpha value is -4.18. The summed E-state index contributed by atoms with van der Waals surface area (Å²) in [6, 6.07) is 12.9. The van der Waals surface area contributed by atoms with Crippen LogP contribution in [0.25, 0.3) is 22.4 Å². The first-order valence-corrected chi connectivity index (χ1v) is 10.1. The third-order valence-electron chi connectivity index (χ3n) is 5.26. The van der Waals surface area contributed by atoms with Crippen LogP contribution in [0.4, 0.5) is 0 Å². The summed E-state index contributed by atoms with van der Waals surface area (Å²) < 4.78 is 11.1. The standard InChI is InChI=1S/C25H22N4O3/c1-5-10-29(14-19-8-6-18(13-26)7-9-19)25(30)21-12-22(20-11-15(2)31-17(20)4)27-24-23(21)16(3)28-32-24/h5-9,11-12H,1,10,14H2,2-4H3. The zero-order valence-corrected chi connectivity index (χ0v) is 18.2. The maximum atomic E-state index is 13.7. The fraction of sp³-hybridized carbons (Fsp3) is 0.200. The molecular weight excluding hydrogens is 404 g/mol. The van der Waals surface area contributed by atoms with Gasteiger partial charge in [0.05, 0.1) is 34.0 Å². The van der Waals surface area contributed by atoms with Gasteiger partial charge in [0, 0.05) is 18.7 Å². The third kappa shape index (κ3) is 3.91. The molecule has 0 radical (unpaired) electrons. The van der Waals surface area contributed by atoms with Gasteiger partial charge in [-0.25, -0.2) is 4.98 Å². The molecule has 7 nitrogen and oxygen atoms in total. The molecule has 0 saturated heterocycles. The average Bonchev–Trinajstić information content (AvgIpc) is 3.33. The van der Waals surface area contributed by atoms with Gasteiger partial charge < -0.3 is 13.8 Å². The summed E-state index contributed by atoms with van der Waals surface area (Å²) in [5.74, 6) is 1.28. The summed E-state index contributed by atoms with van der Waals surface area (Å²) in [6.07, 6.45) is 1.69. The number of aromatic nitrogens is 2. The molecule has 0 unspecified atom stereocenters. The molecule has 160 valence electrons. The Morgan fingerprint density at radius 3 is 2.59 bits per heavy atom. The van der Waals surface area contributed by atoms with Crippen LogP contribution in [0.5, 0.6) is 0 Å². The first-order chi connectivity index (χ1) is 15.4. The number of carbonyl (C=O) groups excluding carboxylic acids is 1. The largest absolute Gasteiger partial charge is 0.466 e. The molecule has 1 aromatic carbocycles. The summed E-state index contributed by atoms with van der Waals surface area (Å²) in [5.41, 5.74) is 4.23. The molecule has 32 heavy (non-hydrogen) atoms. The number of rotatable bonds is 6. The molecule has 0 aliphatic rings. The normalized spacial score (nSPS) is 10.8. The highest BCUT2D eigenvalue weighted by atomic mass is 16.5. The van der Waals surface area contributed by atoms with Crippen LogP contribution in [0, 0.1) is 32.1 Å². The van der Waals surface area contributed by atoms with Crippen LogP contribution in [0.1, 0.15) is 38.7 Å². The Labute approximate surface area is 185 Å². The lowest BCUT2D eigenvalue weighted by Gasteiger charge is -2.22. The predicted molar refractivity (Wildman–Crippen MR) is 120 cm³/mol. The Morgan fingerprint density at radius 2 is 1.97 bits per heavy atom. The summed E-state index contributed by atoms with van der Waals surface area (Å²) in [4.78, 5) is 20.0. The number of carbonyl (C=O) groups is 1. The van der Waals surface area contributed by atoms with E-state index in [1.165, 1.54) is 0 Å². The molecule has 4 aromatic rings. The fourth-order valence-corrected chi connectivity index (χ4v) is 3.74. The van der Waals surface area contributed by atoms with Gasteiger partial charge in [0.25, 0.3) is 11.6 Å². The minimum atomic E-state index is -0.188. The van der Waals surface area contributed by atoms with Crippen molar-refractivity contribution in [2.45, 2.75) is 27.3 Å². The Balaban J connectivity index is 1.79. The maximum absolute atomic E-state index is 13.7. The predicted octanol–water partition coefficient (Wildman–Crippen LogP) is 5.11. The number of furan rings is 1. The van der Waals surface area contributed by atoms with Crippen molar-refractivity contribution in [1.29, 1.82) is 5.26 Å². The van der Waals surface area contributed by atoms with Gasteiger partial charge in [-0.1, -0.05) is 23.4 Å². The van der Waals surface area contributed by atoms with Gasteiger partial charge in [0.15, 0.2) is 0 Å². The van der Waals surface area contributed by atoms with E-state index in [0.29, 0.717) is 52.5 Å². The van der Waals surface area contributed by atoms with E-state index >= 15 is 0 Å². The molecule has 0 spiro atoms. The number of nitrogens with zero attached hydrogens (tertiary/aromatic N) is 4. The van der Waals surface area contributed by atoms with E-state index in [-0.39, 0.29) is 5.91 Å². The van der Waals surface area contributed by atoms with Crippen molar-refractivity contribution < 1.29 is 13.7 Å². The van der Waals surface area contributed by atoms with Crippen molar-refractivity contribution in [3.05, 3.63) is 83.0 Å². The van der Waals surface area contributed by atoms with Crippen LogP contribution in [-0.4, -0.2) is 27.5 Å². The van der Waals surface area contributed by atoms with Gasteiger partial charge in [0.2, 0.25) is 0 Å². The molecule has 0 aliphatic heterocycles. The minimum Gasteiger partial charge on any atom is -0.466 e. The molecule has 0 fully saturated rings. The highest BCUT2D eigenvalue weighted by Gasteiger charge is 2.24. The second-order valence-electron chi connectivity index (χ2n) is 7.61. The number of nitriles is 1. The van der Waals surface area contributed by atoms with Gasteiger partial charge in [-0.2, -0.15) is 5.26 Å². The summed E-state index contributed by atoms with van der Waals surface area (Å²) in [6.45, 7) is 10.0. The van der Waals surface area contributed by atoms with Crippen LogP contribution in [0.2, 0.25) is 0 Å². The van der Waals surface area contributed by atoms with Crippen molar-refractivity contribution in [3.63, 3.8) is 0 Å². The lowest BCUT2D eigenvalue weighted by atomic mass is 10.0. The molecular formula is C25H22N4O3. The van der Waals surface area contributed by atoms with Crippen LogP contribution >= 0.6 is 0 Å². The smallest absolute Gasteiger partial charge is 0.259 e. The van der Waals surface area contributed by atoms with E-state index in [1.807, 2.05) is 32.0 Å². The topological polar surface area (TPSA) is 96.2 Å². The lowest BCUT2D eigenvalue weighted by Crippen LogP contribution is -2.31. The van der Waals surface area contributed by atoms with Gasteiger partial charge in [0.1, 0.15) is 11.5 Å². The molecule has 0 saturated carbocycles. The SMILES string of the molecule is C=CCN(Cc1ccc(C#N)cc1)C(=O)c1cc(-c2cc(C)oc2C)nc2onc(C)c12. The molecule has 3 heterocycles. The maximum Gasteiger partial charge on any atom is 0.259 e. The van der Waals surface area contributed by atoms with Crippen LogP contribution in [-0.2, 0) is 6.54 Å². The first kappa shape index (κ1) is 21.1. The molecule has 1 amide bonds. The number of hydrogen-bond acceptors (Lipinski definition) is 6. The zero-order chi connectivity index (χ0) is 22.8. The average molecular weight is 426 g/mol. The number of amides is 1. The highest BCUT2D eigenvalue weighted by Crippen LogP contribution is 2.31. The van der Waals surface area contributed by atoms with E-state index < -0.39 is 0 Å². The van der Waals surface area contributed by atoms with Crippen LogP contribution < -0.4 is 0 Å². The van der Waals surface area contributed by atoms with Gasteiger partial charge in [-0.3, -0.25) is 4.79 Å². The van der Waals surface area contributed by atoms with E-state index in [0.717, 1.165) is 16.9 Å². The van der Waals surface area contributed by atoms with Gasteiger partial charge in [-0.05, 0) is 50.6 Å². The van der Waals surface area contributed by atoms with Gasteiger partial charge >= 0.3 is 0 Å². The second-order valence-corrected chi connectivity index (χ2v) is 7.61. The van der Waals surface area contributed by atoms with Gasteiger partial charge in [-0.15, -0.1) is 6.58 Å². The van der Waals surface area contributed by atoms with Crippen LogP contribution in [0.3, 0.4) is 0 Å². The number of fused-ring (bicyclic) bond motifs is 1. The van der Waals surface area contributed by atoms with Crippen molar-refractivity contribution >= 4 is 17.0 Å². The molecule has 0 aliphatic carbocycles. The zero-order valence-electron chi connectivity index (χ0n) is 18.2. The Bertz CT molecular complexity index is 1360. The van der Waals surface area contributed by atoms with Crippen molar-refractivity contribution in [2.75, 3.05) is 6.54 Å². The highest BCUT2D eigenvalue weighted by molar-refractivity contribution is 6.07. The quantitative estimate of drug-likeness (QED) is 0.398. The molecule has 0 atom stereocenters. The first-order valence-electron chi connectivity index (χ1n) is 10.1. The second kappa shape index (κ2) is 8.52. The molecule has 0 N–H and O–H groups in total. The van der Waals surface area contributed by atoms with Crippen molar-refractivity contribution in [3.8, 4) is 17.3 Å². The molecule has 3 aromatic heterocycles. The molecule has 0 bridgehead atoms. The van der Waals surface area contributed by atoms with E-state index in [9.17, 15) is 4.79 Å². The number of benzene rings is 1.